The second-order valence-corrected chi connectivity index (χ2v) is 14.9. The van der Waals surface area contributed by atoms with Crippen molar-refractivity contribution in [2.24, 2.45) is 0 Å². The van der Waals surface area contributed by atoms with E-state index >= 15 is 0 Å². The first-order valence-electron chi connectivity index (χ1n) is 11.2. The van der Waals surface area contributed by atoms with Gasteiger partial charge in [0.05, 0.1) is 17.0 Å². The van der Waals surface area contributed by atoms with E-state index in [-0.39, 0.29) is 6.54 Å². The number of hydrogen-bond donors (Lipinski definition) is 1. The number of aromatic nitrogens is 1. The molecule has 0 fully saturated rings. The number of anilines is 1. The summed E-state index contributed by atoms with van der Waals surface area (Å²) in [5.41, 5.74) is 3.60. The molecule has 15 heteroatoms. The van der Waals surface area contributed by atoms with E-state index in [0.717, 1.165) is 44.9 Å². The van der Waals surface area contributed by atoms with E-state index in [1.54, 1.807) is 11.0 Å². The van der Waals surface area contributed by atoms with Crippen LogP contribution in [0.2, 0.25) is 0 Å². The molecule has 9 nitrogen and oxygen atoms in total. The predicted octanol–water partition coefficient (Wildman–Crippen LogP) is 3.83. The summed E-state index contributed by atoms with van der Waals surface area (Å²) < 4.78 is 75.6. The van der Waals surface area contributed by atoms with Crippen LogP contribution in [0.3, 0.4) is 0 Å². The molecule has 2 aromatic heterocycles. The van der Waals surface area contributed by atoms with Crippen LogP contribution in [0.15, 0.2) is 39.8 Å². The number of hydrogen-bond acceptors (Lipinski definition) is 10. The fourth-order valence-electron chi connectivity index (χ4n) is 3.82. The molecule has 0 aliphatic carbocycles. The zero-order valence-corrected chi connectivity index (χ0v) is 24.9. The summed E-state index contributed by atoms with van der Waals surface area (Å²) in [5.74, 6) is -1.52. The minimum absolute atomic E-state index is 0.235. The van der Waals surface area contributed by atoms with E-state index in [0.29, 0.717) is 26.0 Å². The van der Waals surface area contributed by atoms with Gasteiger partial charge < -0.3 is 9.45 Å². The number of carbonyl (C=O) groups excluding carboxylic acids is 1. The number of allylic oxidation sites excluding steroid dienone is 2. The maximum absolute atomic E-state index is 13.8. The number of nitrogens with zero attached hydrogens (tertiary/aromatic N) is 2. The SMILES string of the molecule is CCC(/C=C1\Sc2cc(C)c(C)cc2N1CC(=O)NS(C)(=O)=O)=C\c1sc2cc(F)sc2[n+]1CS(=O)(=O)[O-]. The molecular formula is C23H24FN3O6S5. The van der Waals surface area contributed by atoms with Crippen LogP contribution < -0.4 is 14.2 Å². The number of benzene rings is 1. The Hall–Kier alpha value is -2.30. The lowest BCUT2D eigenvalue weighted by Gasteiger charge is -2.20. The van der Waals surface area contributed by atoms with Crippen molar-refractivity contribution in [1.29, 1.82) is 0 Å². The standard InChI is InChI=1S/C23H24FN3O6S5/c1-5-15(9-22-27(12-38(31,32)33)23-18(35-22)10-19(24)36-23)8-21-26(11-20(28)25-37(4,29)30)16-6-13(2)14(3)7-17(16)34-21/h6-10H,5,11-12H2,1-4H3,(H-,25,28,31,32,33). The van der Waals surface area contributed by atoms with E-state index < -0.39 is 37.1 Å². The summed E-state index contributed by atoms with van der Waals surface area (Å²) in [6.45, 7) is 5.59. The monoisotopic (exact) mass is 617 g/mol. The predicted molar refractivity (Wildman–Crippen MR) is 148 cm³/mol. The van der Waals surface area contributed by atoms with Crippen LogP contribution in [0.25, 0.3) is 15.6 Å². The molecule has 3 heterocycles. The minimum atomic E-state index is -4.65. The molecule has 0 saturated carbocycles. The number of aryl methyl sites for hydroxylation is 2. The number of thiazole rings is 1. The summed E-state index contributed by atoms with van der Waals surface area (Å²) in [6.07, 6.45) is 5.01. The lowest BCUT2D eigenvalue weighted by molar-refractivity contribution is -0.647. The second-order valence-electron chi connectivity index (χ2n) is 8.72. The van der Waals surface area contributed by atoms with Crippen molar-refractivity contribution in [2.75, 3.05) is 17.7 Å². The number of nitrogens with one attached hydrogen (secondary N) is 1. The third-order valence-electron chi connectivity index (χ3n) is 5.64. The topological polar surface area (TPSA) is 128 Å². The molecule has 204 valence electrons. The van der Waals surface area contributed by atoms with Gasteiger partial charge in [-0.3, -0.25) is 9.52 Å². The summed E-state index contributed by atoms with van der Waals surface area (Å²) in [4.78, 5) is 15.5. The van der Waals surface area contributed by atoms with Crippen LogP contribution >= 0.6 is 34.4 Å². The summed E-state index contributed by atoms with van der Waals surface area (Å²) in [7, 11) is -8.38. The summed E-state index contributed by atoms with van der Waals surface area (Å²) >= 11 is 3.36. The first-order valence-corrected chi connectivity index (χ1v) is 17.1. The average Bonchev–Trinajstić information content (AvgIpc) is 3.38. The van der Waals surface area contributed by atoms with Crippen molar-refractivity contribution in [3.63, 3.8) is 0 Å². The van der Waals surface area contributed by atoms with E-state index in [1.165, 1.54) is 33.7 Å². The molecule has 0 bridgehead atoms. The van der Waals surface area contributed by atoms with Crippen LogP contribution in [0.1, 0.15) is 29.5 Å². The van der Waals surface area contributed by atoms with E-state index in [1.807, 2.05) is 43.7 Å². The van der Waals surface area contributed by atoms with Gasteiger partial charge in [0.2, 0.25) is 15.9 Å². The quantitative estimate of drug-likeness (QED) is 0.299. The van der Waals surface area contributed by atoms with Gasteiger partial charge in [0.25, 0.3) is 15.7 Å². The Balaban J connectivity index is 1.78. The molecule has 0 unspecified atom stereocenters. The Labute approximate surface area is 232 Å². The Kier molecular flexibility index (Phi) is 8.08. The average molecular weight is 618 g/mol. The smallest absolute Gasteiger partial charge is 0.284 e. The Morgan fingerprint density at radius 2 is 1.84 bits per heavy atom. The number of amides is 1. The highest BCUT2D eigenvalue weighted by molar-refractivity contribution is 8.03. The maximum atomic E-state index is 13.8. The largest absolute Gasteiger partial charge is 0.743 e. The van der Waals surface area contributed by atoms with Crippen LogP contribution in [-0.4, -0.2) is 40.1 Å². The molecule has 1 aromatic carbocycles. The molecule has 1 amide bonds. The van der Waals surface area contributed by atoms with E-state index in [9.17, 15) is 30.6 Å². The Morgan fingerprint density at radius 3 is 2.47 bits per heavy atom. The molecule has 1 aliphatic heterocycles. The summed E-state index contributed by atoms with van der Waals surface area (Å²) in [6, 6.07) is 5.24. The zero-order valence-electron chi connectivity index (χ0n) is 20.8. The second kappa shape index (κ2) is 10.7. The van der Waals surface area contributed by atoms with Crippen molar-refractivity contribution in [3.05, 3.63) is 56.1 Å². The molecule has 1 aliphatic rings. The van der Waals surface area contributed by atoms with Gasteiger partial charge in [-0.25, -0.2) is 16.8 Å². The Bertz CT molecular complexity index is 1720. The van der Waals surface area contributed by atoms with E-state index in [4.69, 9.17) is 0 Å². The highest BCUT2D eigenvalue weighted by atomic mass is 32.2. The first kappa shape index (κ1) is 28.7. The Morgan fingerprint density at radius 1 is 1.16 bits per heavy atom. The molecule has 38 heavy (non-hydrogen) atoms. The molecular weight excluding hydrogens is 594 g/mol. The van der Waals surface area contributed by atoms with Gasteiger partial charge in [-0.15, -0.1) is 0 Å². The number of sulfonamides is 1. The van der Waals surface area contributed by atoms with Gasteiger partial charge in [0.15, 0.2) is 15.2 Å². The van der Waals surface area contributed by atoms with Crippen LogP contribution in [0.4, 0.5) is 10.1 Å². The van der Waals surface area contributed by atoms with Crippen molar-refractivity contribution in [2.45, 2.75) is 38.0 Å². The normalized spacial score (nSPS) is 15.5. The highest BCUT2D eigenvalue weighted by Crippen LogP contribution is 2.47. The van der Waals surface area contributed by atoms with Gasteiger partial charge in [-0.05, 0) is 66.5 Å². The molecule has 0 radical (unpaired) electrons. The summed E-state index contributed by atoms with van der Waals surface area (Å²) in [5, 5.41) is 0.660. The lowest BCUT2D eigenvalue weighted by atomic mass is 10.1. The third-order valence-corrected chi connectivity index (χ3v) is 10.1. The van der Waals surface area contributed by atoms with E-state index in [2.05, 4.69) is 0 Å². The number of fused-ring (bicyclic) bond motifs is 2. The maximum Gasteiger partial charge on any atom is 0.284 e. The molecule has 0 atom stereocenters. The molecule has 4 rings (SSSR count). The number of halogens is 1. The molecule has 3 aromatic rings. The molecule has 0 spiro atoms. The van der Waals surface area contributed by atoms with Crippen molar-refractivity contribution in [3.8, 4) is 0 Å². The molecule has 1 N–H and O–H groups in total. The first-order chi connectivity index (χ1) is 17.6. The highest BCUT2D eigenvalue weighted by Gasteiger charge is 2.29. The van der Waals surface area contributed by atoms with Crippen LogP contribution in [0.5, 0.6) is 0 Å². The van der Waals surface area contributed by atoms with Gasteiger partial charge in [-0.2, -0.15) is 8.96 Å². The number of rotatable bonds is 8. The van der Waals surface area contributed by atoms with Crippen molar-refractivity contribution < 1.29 is 35.1 Å². The van der Waals surface area contributed by atoms with Gasteiger partial charge in [0, 0.05) is 17.0 Å². The fraction of sp³-hybridized carbons (Fsp3) is 0.304. The van der Waals surface area contributed by atoms with Crippen LogP contribution in [0, 0.1) is 19.0 Å². The number of carbonyl (C=O) groups is 1. The van der Waals surface area contributed by atoms with Crippen molar-refractivity contribution in [1.82, 2.24) is 4.72 Å². The fourth-order valence-corrected chi connectivity index (χ4v) is 8.51. The number of thiophene rings is 1. The lowest BCUT2D eigenvalue weighted by Crippen LogP contribution is -2.38. The van der Waals surface area contributed by atoms with Crippen molar-refractivity contribution >= 4 is 81.8 Å². The molecule has 0 saturated heterocycles. The van der Waals surface area contributed by atoms with Gasteiger partial charge >= 0.3 is 0 Å². The third kappa shape index (κ3) is 6.63. The number of thioether (sulfide) groups is 1. The zero-order chi connectivity index (χ0) is 28.0. The van der Waals surface area contributed by atoms with Crippen LogP contribution in [-0.2, 0) is 30.8 Å². The minimum Gasteiger partial charge on any atom is -0.743 e. The van der Waals surface area contributed by atoms with Gasteiger partial charge in [-0.1, -0.05) is 30.0 Å². The van der Waals surface area contributed by atoms with Gasteiger partial charge in [0.1, 0.15) is 11.2 Å².